The van der Waals surface area contributed by atoms with Crippen molar-refractivity contribution in [1.82, 2.24) is 15.5 Å². The Morgan fingerprint density at radius 3 is 2.57 bits per heavy atom. The van der Waals surface area contributed by atoms with Gasteiger partial charge >= 0.3 is 0 Å². The summed E-state index contributed by atoms with van der Waals surface area (Å²) in [6.45, 7) is 11.7. The molecule has 1 N–H and O–H groups in total. The van der Waals surface area contributed by atoms with Gasteiger partial charge in [0.25, 0.3) is 0 Å². The Hall–Kier alpha value is -0.720. The first kappa shape index (κ1) is 16.6. The molecule has 0 atom stereocenters. The predicted molar refractivity (Wildman–Crippen MR) is 90.3 cm³/mol. The van der Waals surface area contributed by atoms with Crippen molar-refractivity contribution in [2.75, 3.05) is 0 Å². The zero-order valence-electron chi connectivity index (χ0n) is 13.2. The van der Waals surface area contributed by atoms with Gasteiger partial charge in [-0.1, -0.05) is 25.9 Å². The summed E-state index contributed by atoms with van der Waals surface area (Å²) in [5, 5.41) is 9.55. The second kappa shape index (κ2) is 6.18. The van der Waals surface area contributed by atoms with Crippen LogP contribution in [0, 0.1) is 5.41 Å². The first-order valence-corrected chi connectivity index (χ1v) is 8.64. The molecular weight excluding hydrogens is 350 g/mol. The SMILES string of the molecule is CC(C)(C)CC(C)(C)NCc1nc(-c2cc(Br)cs2)no1. The summed E-state index contributed by atoms with van der Waals surface area (Å²) in [5.74, 6) is 1.27. The van der Waals surface area contributed by atoms with Crippen LogP contribution in [0.25, 0.3) is 10.7 Å². The number of rotatable bonds is 5. The van der Waals surface area contributed by atoms with Gasteiger partial charge in [-0.2, -0.15) is 4.98 Å². The monoisotopic (exact) mass is 371 g/mol. The molecule has 6 heteroatoms. The first-order chi connectivity index (χ1) is 9.65. The van der Waals surface area contributed by atoms with Crippen LogP contribution >= 0.6 is 27.3 Å². The minimum Gasteiger partial charge on any atom is -0.338 e. The van der Waals surface area contributed by atoms with Gasteiger partial charge in [0.05, 0.1) is 11.4 Å². The fraction of sp³-hybridized carbons (Fsp3) is 0.600. The van der Waals surface area contributed by atoms with Gasteiger partial charge in [-0.25, -0.2) is 0 Å². The quantitative estimate of drug-likeness (QED) is 0.814. The van der Waals surface area contributed by atoms with E-state index >= 15 is 0 Å². The molecule has 0 amide bonds. The maximum atomic E-state index is 5.32. The second-order valence-corrected chi connectivity index (χ2v) is 8.94. The molecule has 2 aromatic rings. The highest BCUT2D eigenvalue weighted by Crippen LogP contribution is 2.29. The average molecular weight is 372 g/mol. The summed E-state index contributed by atoms with van der Waals surface area (Å²) in [7, 11) is 0. The number of halogens is 1. The predicted octanol–water partition coefficient (Wildman–Crippen LogP) is 4.87. The topological polar surface area (TPSA) is 51.0 Å². The molecule has 2 aromatic heterocycles. The zero-order valence-corrected chi connectivity index (χ0v) is 15.6. The summed E-state index contributed by atoms with van der Waals surface area (Å²) in [6, 6.07) is 2.00. The van der Waals surface area contributed by atoms with Gasteiger partial charge in [-0.05, 0) is 47.7 Å². The average Bonchev–Trinajstić information content (AvgIpc) is 2.91. The summed E-state index contributed by atoms with van der Waals surface area (Å²) in [6.07, 6.45) is 1.07. The molecular formula is C15H22BrN3OS. The smallest absolute Gasteiger partial charge is 0.240 e. The lowest BCUT2D eigenvalue weighted by Gasteiger charge is -2.33. The van der Waals surface area contributed by atoms with E-state index in [-0.39, 0.29) is 11.0 Å². The van der Waals surface area contributed by atoms with E-state index in [1.807, 2.05) is 11.4 Å². The minimum atomic E-state index is 0.0266. The first-order valence-electron chi connectivity index (χ1n) is 6.97. The molecule has 0 saturated carbocycles. The number of thiophene rings is 1. The van der Waals surface area contributed by atoms with Crippen LogP contribution in [0.15, 0.2) is 20.4 Å². The molecule has 0 saturated heterocycles. The van der Waals surface area contributed by atoms with Crippen LogP contribution in [-0.2, 0) is 6.54 Å². The van der Waals surface area contributed by atoms with Crippen molar-refractivity contribution >= 4 is 27.3 Å². The van der Waals surface area contributed by atoms with E-state index in [0.717, 1.165) is 15.8 Å². The Morgan fingerprint density at radius 2 is 2.00 bits per heavy atom. The summed E-state index contributed by atoms with van der Waals surface area (Å²) < 4.78 is 6.36. The van der Waals surface area contributed by atoms with Crippen LogP contribution in [0.1, 0.15) is 46.9 Å². The van der Waals surface area contributed by atoms with Crippen LogP contribution in [0.4, 0.5) is 0 Å². The van der Waals surface area contributed by atoms with E-state index in [2.05, 4.69) is 66.0 Å². The Kier molecular flexibility index (Phi) is 4.90. The van der Waals surface area contributed by atoms with Gasteiger partial charge in [0.15, 0.2) is 0 Å². The Morgan fingerprint density at radius 1 is 1.29 bits per heavy atom. The summed E-state index contributed by atoms with van der Waals surface area (Å²) >= 11 is 5.03. The van der Waals surface area contributed by atoms with E-state index in [1.165, 1.54) is 0 Å². The molecule has 0 aromatic carbocycles. The van der Waals surface area contributed by atoms with E-state index in [9.17, 15) is 0 Å². The lowest BCUT2D eigenvalue weighted by molar-refractivity contribution is 0.230. The molecule has 0 aliphatic heterocycles. The normalized spacial score (nSPS) is 12.9. The minimum absolute atomic E-state index is 0.0266. The molecule has 0 radical (unpaired) electrons. The van der Waals surface area contributed by atoms with Crippen molar-refractivity contribution < 1.29 is 4.52 Å². The Bertz CT molecular complexity index is 598. The highest BCUT2D eigenvalue weighted by Gasteiger charge is 2.25. The number of nitrogens with zero attached hydrogens (tertiary/aromatic N) is 2. The number of nitrogens with one attached hydrogen (secondary N) is 1. The van der Waals surface area contributed by atoms with Crippen molar-refractivity contribution in [3.63, 3.8) is 0 Å². The third-order valence-corrected chi connectivity index (χ3v) is 4.63. The van der Waals surface area contributed by atoms with Crippen LogP contribution in [-0.4, -0.2) is 15.7 Å². The van der Waals surface area contributed by atoms with Gasteiger partial charge in [0.1, 0.15) is 0 Å². The molecule has 2 heterocycles. The van der Waals surface area contributed by atoms with Crippen LogP contribution in [0.3, 0.4) is 0 Å². The Balaban J connectivity index is 1.97. The molecule has 116 valence electrons. The third kappa shape index (κ3) is 5.20. The van der Waals surface area contributed by atoms with Gasteiger partial charge in [-0.3, -0.25) is 0 Å². The van der Waals surface area contributed by atoms with Crippen molar-refractivity contribution in [1.29, 1.82) is 0 Å². The molecule has 4 nitrogen and oxygen atoms in total. The fourth-order valence-corrected chi connectivity index (χ4v) is 3.91. The van der Waals surface area contributed by atoms with Crippen LogP contribution in [0.5, 0.6) is 0 Å². The lowest BCUT2D eigenvalue weighted by Crippen LogP contribution is -2.41. The highest BCUT2D eigenvalue weighted by molar-refractivity contribution is 9.10. The van der Waals surface area contributed by atoms with Gasteiger partial charge < -0.3 is 9.84 Å². The molecule has 0 aliphatic carbocycles. The zero-order chi connectivity index (χ0) is 15.7. The molecule has 0 aliphatic rings. The van der Waals surface area contributed by atoms with E-state index in [0.29, 0.717) is 18.3 Å². The highest BCUT2D eigenvalue weighted by atomic mass is 79.9. The molecule has 0 bridgehead atoms. The number of aromatic nitrogens is 2. The third-order valence-electron chi connectivity index (χ3n) is 2.95. The largest absolute Gasteiger partial charge is 0.338 e. The van der Waals surface area contributed by atoms with Crippen molar-refractivity contribution in [2.24, 2.45) is 5.41 Å². The number of hydrogen-bond acceptors (Lipinski definition) is 5. The summed E-state index contributed by atoms with van der Waals surface area (Å²) in [4.78, 5) is 5.45. The van der Waals surface area contributed by atoms with Crippen LogP contribution in [0.2, 0.25) is 0 Å². The molecule has 21 heavy (non-hydrogen) atoms. The van der Waals surface area contributed by atoms with E-state index in [1.54, 1.807) is 11.3 Å². The number of hydrogen-bond donors (Lipinski definition) is 1. The fourth-order valence-electron chi connectivity index (χ4n) is 2.56. The summed E-state index contributed by atoms with van der Waals surface area (Å²) in [5.41, 5.74) is 0.304. The van der Waals surface area contributed by atoms with Crippen LogP contribution < -0.4 is 5.32 Å². The second-order valence-electron chi connectivity index (χ2n) is 7.12. The lowest BCUT2D eigenvalue weighted by atomic mass is 9.82. The molecule has 0 fully saturated rings. The molecule has 0 spiro atoms. The molecule has 2 rings (SSSR count). The molecule has 0 unspecified atom stereocenters. The van der Waals surface area contributed by atoms with Crippen molar-refractivity contribution in [3.05, 3.63) is 21.8 Å². The Labute approximate surface area is 138 Å². The van der Waals surface area contributed by atoms with Gasteiger partial charge in [0, 0.05) is 15.4 Å². The van der Waals surface area contributed by atoms with E-state index < -0.39 is 0 Å². The van der Waals surface area contributed by atoms with Crippen molar-refractivity contribution in [2.45, 2.75) is 53.1 Å². The van der Waals surface area contributed by atoms with E-state index in [4.69, 9.17) is 4.52 Å². The maximum absolute atomic E-state index is 5.32. The maximum Gasteiger partial charge on any atom is 0.240 e. The van der Waals surface area contributed by atoms with Gasteiger partial charge in [0.2, 0.25) is 11.7 Å². The van der Waals surface area contributed by atoms with Gasteiger partial charge in [-0.15, -0.1) is 11.3 Å². The van der Waals surface area contributed by atoms with Crippen molar-refractivity contribution in [3.8, 4) is 10.7 Å². The standard InChI is InChI=1S/C15H22BrN3OS/c1-14(2,3)9-15(4,5)17-7-12-18-13(19-20-12)11-6-10(16)8-21-11/h6,8,17H,7,9H2,1-5H3.